The Kier molecular flexibility index (Phi) is 17.8. The van der Waals surface area contributed by atoms with Gasteiger partial charge in [0, 0.05) is 6.61 Å². The first-order valence-corrected chi connectivity index (χ1v) is 8.07. The van der Waals surface area contributed by atoms with Gasteiger partial charge < -0.3 is 39.0 Å². The van der Waals surface area contributed by atoms with E-state index in [4.69, 9.17) is 39.0 Å². The molecule has 2 atom stereocenters. The molecular formula is C15H32O8. The Morgan fingerprint density at radius 1 is 0.609 bits per heavy atom. The van der Waals surface area contributed by atoms with E-state index in [1.165, 1.54) is 0 Å². The molecule has 0 aliphatic heterocycles. The molecule has 23 heavy (non-hydrogen) atoms. The summed E-state index contributed by atoms with van der Waals surface area (Å²) in [4.78, 5) is 0. The summed E-state index contributed by atoms with van der Waals surface area (Å²) in [5, 5.41) is 26.2. The molecule has 0 aliphatic carbocycles. The fourth-order valence-electron chi connectivity index (χ4n) is 1.68. The highest BCUT2D eigenvalue weighted by Crippen LogP contribution is 2.01. The number of hydrogen-bond acceptors (Lipinski definition) is 8. The Balaban J connectivity index is 4.03. The van der Waals surface area contributed by atoms with E-state index in [0.717, 1.165) is 6.42 Å². The molecule has 3 N–H and O–H groups in total. The van der Waals surface area contributed by atoms with Crippen LogP contribution in [0.2, 0.25) is 0 Å². The van der Waals surface area contributed by atoms with E-state index < -0.39 is 0 Å². The van der Waals surface area contributed by atoms with Gasteiger partial charge in [-0.25, -0.2) is 0 Å². The molecule has 0 aromatic rings. The highest BCUT2D eigenvalue weighted by Gasteiger charge is 2.14. The van der Waals surface area contributed by atoms with Crippen molar-refractivity contribution in [2.75, 3.05) is 72.7 Å². The van der Waals surface area contributed by atoms with Gasteiger partial charge in [0.1, 0.15) is 12.2 Å². The van der Waals surface area contributed by atoms with E-state index in [0.29, 0.717) is 19.8 Å². The van der Waals surface area contributed by atoms with Crippen molar-refractivity contribution in [1.82, 2.24) is 0 Å². The number of ether oxygens (including phenoxy) is 5. The van der Waals surface area contributed by atoms with Crippen molar-refractivity contribution < 1.29 is 39.0 Å². The quantitative estimate of drug-likeness (QED) is 0.278. The maximum Gasteiger partial charge on any atom is 0.104 e. The highest BCUT2D eigenvalue weighted by molar-refractivity contribution is 4.60. The Bertz CT molecular complexity index is 208. The summed E-state index contributed by atoms with van der Waals surface area (Å²) < 4.78 is 27.1. The summed E-state index contributed by atoms with van der Waals surface area (Å²) in [5.41, 5.74) is 0. The van der Waals surface area contributed by atoms with Crippen LogP contribution in [0, 0.1) is 0 Å². The van der Waals surface area contributed by atoms with Crippen LogP contribution in [0.15, 0.2) is 0 Å². The molecule has 0 saturated carbocycles. The number of aliphatic hydroxyl groups is 3. The lowest BCUT2D eigenvalue weighted by Crippen LogP contribution is -2.32. The third-order valence-corrected chi connectivity index (χ3v) is 2.69. The van der Waals surface area contributed by atoms with Crippen LogP contribution in [0.4, 0.5) is 0 Å². The average Bonchev–Trinajstić information content (AvgIpc) is 2.56. The van der Waals surface area contributed by atoms with Gasteiger partial charge in [0.25, 0.3) is 0 Å². The van der Waals surface area contributed by atoms with Gasteiger partial charge in [0.2, 0.25) is 0 Å². The van der Waals surface area contributed by atoms with Gasteiger partial charge in [-0.1, -0.05) is 6.92 Å². The molecule has 140 valence electrons. The number of rotatable bonds is 18. The minimum Gasteiger partial charge on any atom is -0.394 e. The van der Waals surface area contributed by atoms with Crippen LogP contribution < -0.4 is 0 Å². The molecule has 0 amide bonds. The number of aliphatic hydroxyl groups excluding tert-OH is 3. The third kappa shape index (κ3) is 15.0. The van der Waals surface area contributed by atoms with Crippen LogP contribution in [-0.2, 0) is 23.7 Å². The molecule has 2 unspecified atom stereocenters. The summed E-state index contributed by atoms with van der Waals surface area (Å²) in [6.07, 6.45) is 0.366. The monoisotopic (exact) mass is 340 g/mol. The summed E-state index contributed by atoms with van der Waals surface area (Å²) in [5.74, 6) is 0. The molecule has 0 fully saturated rings. The van der Waals surface area contributed by atoms with Crippen molar-refractivity contribution in [3.63, 3.8) is 0 Å². The van der Waals surface area contributed by atoms with Crippen LogP contribution in [0.1, 0.15) is 13.3 Å². The fourth-order valence-corrected chi connectivity index (χ4v) is 1.68. The molecular weight excluding hydrogens is 308 g/mol. The second-order valence-corrected chi connectivity index (χ2v) is 4.84. The second-order valence-electron chi connectivity index (χ2n) is 4.84. The molecule has 0 saturated heterocycles. The SMILES string of the molecule is CCCOC(COCCO)COCC(COCCO)OCCO. The predicted octanol–water partition coefficient (Wildman–Crippen LogP) is -0.806. The first kappa shape index (κ1) is 22.7. The van der Waals surface area contributed by atoms with Crippen LogP contribution in [-0.4, -0.2) is 100 Å². The molecule has 0 aromatic carbocycles. The lowest BCUT2D eigenvalue weighted by molar-refractivity contribution is -0.100. The second kappa shape index (κ2) is 18.0. The fraction of sp³-hybridized carbons (Fsp3) is 1.00. The molecule has 0 radical (unpaired) electrons. The summed E-state index contributed by atoms with van der Waals surface area (Å²) in [7, 11) is 0. The van der Waals surface area contributed by atoms with E-state index in [2.05, 4.69) is 0 Å². The third-order valence-electron chi connectivity index (χ3n) is 2.69. The molecule has 0 rings (SSSR count). The molecule has 0 bridgehead atoms. The van der Waals surface area contributed by atoms with Crippen molar-refractivity contribution >= 4 is 0 Å². The zero-order chi connectivity index (χ0) is 17.2. The van der Waals surface area contributed by atoms with Gasteiger partial charge in [-0.3, -0.25) is 0 Å². The minimum atomic E-state index is -0.320. The lowest BCUT2D eigenvalue weighted by atomic mass is 10.3. The zero-order valence-corrected chi connectivity index (χ0v) is 14.0. The predicted molar refractivity (Wildman–Crippen MR) is 83.5 cm³/mol. The first-order chi connectivity index (χ1) is 11.3. The summed E-state index contributed by atoms with van der Waals surface area (Å²) in [6.45, 7) is 4.43. The molecule has 0 heterocycles. The molecule has 0 spiro atoms. The Hall–Kier alpha value is -0.320. The summed E-state index contributed by atoms with van der Waals surface area (Å²) >= 11 is 0. The molecule has 0 aromatic heterocycles. The maximum atomic E-state index is 8.81. The van der Waals surface area contributed by atoms with Crippen molar-refractivity contribution in [2.45, 2.75) is 25.6 Å². The van der Waals surface area contributed by atoms with Crippen molar-refractivity contribution in [1.29, 1.82) is 0 Å². The summed E-state index contributed by atoms with van der Waals surface area (Å²) in [6, 6.07) is 0. The van der Waals surface area contributed by atoms with Crippen LogP contribution in [0.3, 0.4) is 0 Å². The van der Waals surface area contributed by atoms with E-state index in [9.17, 15) is 0 Å². The van der Waals surface area contributed by atoms with Crippen LogP contribution >= 0.6 is 0 Å². The lowest BCUT2D eigenvalue weighted by Gasteiger charge is -2.21. The Morgan fingerprint density at radius 2 is 1.04 bits per heavy atom. The van der Waals surface area contributed by atoms with E-state index >= 15 is 0 Å². The first-order valence-electron chi connectivity index (χ1n) is 8.07. The Labute approximate surface area is 138 Å². The Morgan fingerprint density at radius 3 is 1.48 bits per heavy atom. The highest BCUT2D eigenvalue weighted by atomic mass is 16.6. The number of hydrogen-bond donors (Lipinski definition) is 3. The largest absolute Gasteiger partial charge is 0.394 e. The van der Waals surface area contributed by atoms with Gasteiger partial charge in [-0.05, 0) is 6.42 Å². The molecule has 8 nitrogen and oxygen atoms in total. The molecule has 0 aliphatic rings. The van der Waals surface area contributed by atoms with Gasteiger partial charge in [0.15, 0.2) is 0 Å². The average molecular weight is 340 g/mol. The topological polar surface area (TPSA) is 107 Å². The zero-order valence-electron chi connectivity index (χ0n) is 14.0. The normalized spacial score (nSPS) is 14.1. The van der Waals surface area contributed by atoms with Crippen molar-refractivity contribution in [3.8, 4) is 0 Å². The smallest absolute Gasteiger partial charge is 0.104 e. The van der Waals surface area contributed by atoms with Gasteiger partial charge in [-0.15, -0.1) is 0 Å². The van der Waals surface area contributed by atoms with Gasteiger partial charge in [0.05, 0.1) is 66.1 Å². The minimum absolute atomic E-state index is 0.0272. The van der Waals surface area contributed by atoms with Gasteiger partial charge in [-0.2, -0.15) is 0 Å². The van der Waals surface area contributed by atoms with E-state index in [1.807, 2.05) is 6.92 Å². The maximum absolute atomic E-state index is 8.81. The van der Waals surface area contributed by atoms with E-state index in [-0.39, 0.29) is 65.1 Å². The van der Waals surface area contributed by atoms with E-state index in [1.54, 1.807) is 0 Å². The van der Waals surface area contributed by atoms with Crippen molar-refractivity contribution in [2.24, 2.45) is 0 Å². The standard InChI is InChI=1S/C15H32O8/c1-2-6-22-14(10-19-7-3-16)12-21-13-15(23-9-5-18)11-20-8-4-17/h14-18H,2-13H2,1H3. The van der Waals surface area contributed by atoms with Gasteiger partial charge >= 0.3 is 0 Å². The van der Waals surface area contributed by atoms with Crippen molar-refractivity contribution in [3.05, 3.63) is 0 Å². The molecule has 8 heteroatoms. The van der Waals surface area contributed by atoms with Crippen LogP contribution in [0.25, 0.3) is 0 Å². The van der Waals surface area contributed by atoms with Crippen LogP contribution in [0.5, 0.6) is 0 Å².